The molecule has 0 bridgehead atoms. The summed E-state index contributed by atoms with van der Waals surface area (Å²) in [4.78, 5) is 29.0. The van der Waals surface area contributed by atoms with Gasteiger partial charge in [0.25, 0.3) is 0 Å². The summed E-state index contributed by atoms with van der Waals surface area (Å²) in [5.41, 5.74) is 4.65. The molecule has 0 aliphatic rings. The summed E-state index contributed by atoms with van der Waals surface area (Å²) in [6, 6.07) is 12.7. The van der Waals surface area contributed by atoms with Crippen LogP contribution in [-0.2, 0) is 4.79 Å². The maximum Gasteiger partial charge on any atom is 0.365 e. The quantitative estimate of drug-likeness (QED) is 0.771. The molecule has 0 radical (unpaired) electrons. The van der Waals surface area contributed by atoms with Crippen molar-refractivity contribution in [1.29, 1.82) is 0 Å². The standard InChI is InChI=1S/C21H22N4O2/c1-13-5-8-17(9-6-13)19-12-22-25(21(27)24-19)16(4)20(26)23-18-10-7-14(2)11-15(18)3/h5-12,16H,1-4H3,(H,23,26)/t16-/m0/s1. The number of rotatable bonds is 4. The first-order valence-corrected chi connectivity index (χ1v) is 8.76. The van der Waals surface area contributed by atoms with Gasteiger partial charge in [0.2, 0.25) is 5.91 Å². The van der Waals surface area contributed by atoms with Crippen LogP contribution >= 0.6 is 0 Å². The van der Waals surface area contributed by atoms with Crippen LogP contribution in [0, 0.1) is 20.8 Å². The van der Waals surface area contributed by atoms with E-state index in [1.54, 1.807) is 6.92 Å². The van der Waals surface area contributed by atoms with Gasteiger partial charge in [-0.1, -0.05) is 47.5 Å². The molecular weight excluding hydrogens is 340 g/mol. The molecule has 3 rings (SSSR count). The van der Waals surface area contributed by atoms with E-state index in [1.165, 1.54) is 6.20 Å². The number of anilines is 1. The van der Waals surface area contributed by atoms with Crippen LogP contribution in [0.15, 0.2) is 53.5 Å². The van der Waals surface area contributed by atoms with E-state index < -0.39 is 11.7 Å². The molecule has 0 saturated carbocycles. The van der Waals surface area contributed by atoms with Crippen molar-refractivity contribution in [3.8, 4) is 11.3 Å². The molecule has 1 amide bonds. The van der Waals surface area contributed by atoms with E-state index in [4.69, 9.17) is 0 Å². The van der Waals surface area contributed by atoms with Gasteiger partial charge in [-0.2, -0.15) is 10.1 Å². The lowest BCUT2D eigenvalue weighted by Crippen LogP contribution is -2.35. The number of nitrogens with zero attached hydrogens (tertiary/aromatic N) is 3. The van der Waals surface area contributed by atoms with Crippen molar-refractivity contribution in [2.24, 2.45) is 0 Å². The summed E-state index contributed by atoms with van der Waals surface area (Å²) in [5.74, 6) is -0.318. The maximum absolute atomic E-state index is 12.6. The number of aryl methyl sites for hydroxylation is 3. The van der Waals surface area contributed by atoms with Crippen LogP contribution in [-0.4, -0.2) is 20.7 Å². The Bertz CT molecular complexity index is 1040. The van der Waals surface area contributed by atoms with Crippen molar-refractivity contribution >= 4 is 11.6 Å². The van der Waals surface area contributed by atoms with Crippen molar-refractivity contribution in [1.82, 2.24) is 14.8 Å². The number of hydrogen-bond acceptors (Lipinski definition) is 4. The summed E-state index contributed by atoms with van der Waals surface area (Å²) < 4.78 is 1.09. The minimum Gasteiger partial charge on any atom is -0.324 e. The minimum absolute atomic E-state index is 0.318. The molecule has 0 spiro atoms. The fourth-order valence-electron chi connectivity index (χ4n) is 2.78. The first-order chi connectivity index (χ1) is 12.8. The number of carbonyl (C=O) groups excluding carboxylic acids is 1. The molecule has 138 valence electrons. The van der Waals surface area contributed by atoms with Gasteiger partial charge in [0.15, 0.2) is 0 Å². The number of aromatic nitrogens is 3. The molecular formula is C21H22N4O2. The predicted molar refractivity (Wildman–Crippen MR) is 106 cm³/mol. The highest BCUT2D eigenvalue weighted by molar-refractivity contribution is 5.94. The second-order valence-electron chi connectivity index (χ2n) is 6.72. The second-order valence-corrected chi connectivity index (χ2v) is 6.72. The van der Waals surface area contributed by atoms with Gasteiger partial charge in [-0.05, 0) is 39.3 Å². The van der Waals surface area contributed by atoms with E-state index in [0.29, 0.717) is 5.69 Å². The second kappa shape index (κ2) is 7.53. The van der Waals surface area contributed by atoms with Gasteiger partial charge in [0, 0.05) is 11.3 Å². The SMILES string of the molecule is Cc1ccc(-c2cnn([C@@H](C)C(=O)Nc3ccc(C)cc3C)c(=O)n2)cc1. The fraction of sp³-hybridized carbons (Fsp3) is 0.238. The van der Waals surface area contributed by atoms with E-state index in [0.717, 1.165) is 32.6 Å². The topological polar surface area (TPSA) is 76.9 Å². The first-order valence-electron chi connectivity index (χ1n) is 8.76. The fourth-order valence-corrected chi connectivity index (χ4v) is 2.78. The number of nitrogens with one attached hydrogen (secondary N) is 1. The molecule has 3 aromatic rings. The minimum atomic E-state index is -0.780. The van der Waals surface area contributed by atoms with E-state index in [2.05, 4.69) is 15.4 Å². The molecule has 1 aromatic heterocycles. The summed E-state index contributed by atoms with van der Waals surface area (Å²) in [6.45, 7) is 7.53. The van der Waals surface area contributed by atoms with Gasteiger partial charge in [0.1, 0.15) is 6.04 Å². The third kappa shape index (κ3) is 4.11. The molecule has 27 heavy (non-hydrogen) atoms. The summed E-state index contributed by atoms with van der Waals surface area (Å²) >= 11 is 0. The predicted octanol–water partition coefficient (Wildman–Crippen LogP) is 3.43. The molecule has 1 N–H and O–H groups in total. The highest BCUT2D eigenvalue weighted by atomic mass is 16.2. The summed E-state index contributed by atoms with van der Waals surface area (Å²) in [7, 11) is 0. The zero-order valence-electron chi connectivity index (χ0n) is 15.9. The van der Waals surface area contributed by atoms with Gasteiger partial charge in [0.05, 0.1) is 11.9 Å². The lowest BCUT2D eigenvalue weighted by molar-refractivity contribution is -0.119. The molecule has 2 aromatic carbocycles. The van der Waals surface area contributed by atoms with E-state index in [1.807, 2.05) is 63.2 Å². The molecule has 0 saturated heterocycles. The maximum atomic E-state index is 12.6. The Balaban J connectivity index is 1.81. The molecule has 1 atom stereocenters. The average Bonchev–Trinajstić information content (AvgIpc) is 2.64. The van der Waals surface area contributed by atoms with Crippen molar-refractivity contribution < 1.29 is 4.79 Å². The van der Waals surface area contributed by atoms with Gasteiger partial charge in [-0.25, -0.2) is 9.48 Å². The van der Waals surface area contributed by atoms with Gasteiger partial charge < -0.3 is 5.32 Å². The molecule has 6 heteroatoms. The number of amides is 1. The number of hydrogen-bond donors (Lipinski definition) is 1. The Kier molecular flexibility index (Phi) is 5.16. The Morgan fingerprint density at radius 3 is 2.33 bits per heavy atom. The van der Waals surface area contributed by atoms with Crippen LogP contribution in [0.25, 0.3) is 11.3 Å². The third-order valence-corrected chi connectivity index (χ3v) is 4.45. The summed E-state index contributed by atoms with van der Waals surface area (Å²) in [5, 5.41) is 7.01. The van der Waals surface area contributed by atoms with E-state index >= 15 is 0 Å². The van der Waals surface area contributed by atoms with Crippen LogP contribution in [0.4, 0.5) is 5.69 Å². The molecule has 1 heterocycles. The van der Waals surface area contributed by atoms with Crippen molar-refractivity contribution in [3.63, 3.8) is 0 Å². The van der Waals surface area contributed by atoms with Crippen LogP contribution < -0.4 is 11.0 Å². The Hall–Kier alpha value is -3.28. The van der Waals surface area contributed by atoms with Gasteiger partial charge in [-0.3, -0.25) is 4.79 Å². The molecule has 0 unspecified atom stereocenters. The van der Waals surface area contributed by atoms with Gasteiger partial charge in [-0.15, -0.1) is 0 Å². The van der Waals surface area contributed by atoms with Crippen molar-refractivity contribution in [2.75, 3.05) is 5.32 Å². The molecule has 0 aliphatic carbocycles. The number of benzene rings is 2. The normalized spacial score (nSPS) is 11.9. The summed E-state index contributed by atoms with van der Waals surface area (Å²) in [6.07, 6.45) is 1.51. The van der Waals surface area contributed by atoms with Crippen LogP contribution in [0.3, 0.4) is 0 Å². The Morgan fingerprint density at radius 2 is 1.70 bits per heavy atom. The first kappa shape index (κ1) is 18.5. The highest BCUT2D eigenvalue weighted by Gasteiger charge is 2.19. The highest BCUT2D eigenvalue weighted by Crippen LogP contribution is 2.18. The lowest BCUT2D eigenvalue weighted by atomic mass is 10.1. The van der Waals surface area contributed by atoms with Crippen LogP contribution in [0.5, 0.6) is 0 Å². The van der Waals surface area contributed by atoms with Crippen LogP contribution in [0.1, 0.15) is 29.7 Å². The van der Waals surface area contributed by atoms with Gasteiger partial charge >= 0.3 is 5.69 Å². The van der Waals surface area contributed by atoms with Crippen molar-refractivity contribution in [2.45, 2.75) is 33.7 Å². The van der Waals surface area contributed by atoms with E-state index in [-0.39, 0.29) is 5.91 Å². The molecule has 6 nitrogen and oxygen atoms in total. The molecule has 0 fully saturated rings. The molecule has 0 aliphatic heterocycles. The third-order valence-electron chi connectivity index (χ3n) is 4.45. The van der Waals surface area contributed by atoms with E-state index in [9.17, 15) is 9.59 Å². The largest absolute Gasteiger partial charge is 0.365 e. The monoisotopic (exact) mass is 362 g/mol. The van der Waals surface area contributed by atoms with Crippen molar-refractivity contribution in [3.05, 3.63) is 75.8 Å². The smallest absolute Gasteiger partial charge is 0.324 e. The Morgan fingerprint density at radius 1 is 1.04 bits per heavy atom. The zero-order valence-corrected chi connectivity index (χ0v) is 15.9. The van der Waals surface area contributed by atoms with Crippen LogP contribution in [0.2, 0.25) is 0 Å². The zero-order chi connectivity index (χ0) is 19.6. The Labute approximate surface area is 157 Å². The number of carbonyl (C=O) groups is 1. The lowest BCUT2D eigenvalue weighted by Gasteiger charge is -2.15. The average molecular weight is 362 g/mol.